The predicted octanol–water partition coefficient (Wildman–Crippen LogP) is 5.77. The molecular weight excluding hydrogens is 356 g/mol. The van der Waals surface area contributed by atoms with Gasteiger partial charge in [-0.15, -0.1) is 11.3 Å². The molecule has 3 rings (SSSR count). The summed E-state index contributed by atoms with van der Waals surface area (Å²) in [5, 5.41) is 0.663. The van der Waals surface area contributed by atoms with Gasteiger partial charge in [-0.2, -0.15) is 0 Å². The van der Waals surface area contributed by atoms with Gasteiger partial charge in [0.1, 0.15) is 5.75 Å². The van der Waals surface area contributed by atoms with Crippen LogP contribution in [0.2, 0.25) is 5.02 Å². The van der Waals surface area contributed by atoms with E-state index in [2.05, 4.69) is 28.1 Å². The zero-order valence-electron chi connectivity index (χ0n) is 11.3. The van der Waals surface area contributed by atoms with Crippen LogP contribution in [0.5, 0.6) is 5.75 Å². The lowest BCUT2D eigenvalue weighted by molar-refractivity contribution is 0.415. The summed E-state index contributed by atoms with van der Waals surface area (Å²) in [4.78, 5) is 3.15. The molecule has 1 nitrogen and oxygen atoms in total. The molecule has 0 radical (unpaired) electrons. The molecule has 0 amide bonds. The molecule has 4 heteroatoms. The van der Waals surface area contributed by atoms with Crippen LogP contribution in [0.25, 0.3) is 0 Å². The Balaban J connectivity index is 1.90. The fourth-order valence-electron chi connectivity index (χ4n) is 2.64. The molecule has 0 N–H and O–H groups in total. The largest absolute Gasteiger partial charge is 0.495 e. The second-order valence-corrected chi connectivity index (χ2v) is 7.55. The third kappa shape index (κ3) is 2.76. The molecule has 0 fully saturated rings. The van der Waals surface area contributed by atoms with Crippen molar-refractivity contribution < 1.29 is 4.74 Å². The molecule has 0 saturated heterocycles. The van der Waals surface area contributed by atoms with Gasteiger partial charge in [-0.3, -0.25) is 0 Å². The van der Waals surface area contributed by atoms with E-state index in [-0.39, 0.29) is 4.83 Å². The third-order valence-electron chi connectivity index (χ3n) is 3.73. The molecule has 0 aliphatic heterocycles. The van der Waals surface area contributed by atoms with E-state index in [0.29, 0.717) is 5.02 Å². The summed E-state index contributed by atoms with van der Waals surface area (Å²) < 4.78 is 5.21. The van der Waals surface area contributed by atoms with E-state index < -0.39 is 0 Å². The second-order valence-electron chi connectivity index (χ2n) is 5.06. The van der Waals surface area contributed by atoms with Crippen LogP contribution < -0.4 is 4.74 Å². The molecule has 1 aromatic carbocycles. The summed E-state index contributed by atoms with van der Waals surface area (Å²) in [7, 11) is 1.64. The van der Waals surface area contributed by atoms with Crippen LogP contribution >= 0.6 is 38.9 Å². The average Bonchev–Trinajstić information content (AvgIpc) is 2.90. The van der Waals surface area contributed by atoms with Crippen LogP contribution in [0.1, 0.15) is 38.6 Å². The first-order chi connectivity index (χ1) is 9.69. The van der Waals surface area contributed by atoms with Gasteiger partial charge in [0.15, 0.2) is 0 Å². The van der Waals surface area contributed by atoms with Crippen molar-refractivity contribution >= 4 is 38.9 Å². The van der Waals surface area contributed by atoms with Crippen molar-refractivity contribution in [3.63, 3.8) is 0 Å². The van der Waals surface area contributed by atoms with Crippen LogP contribution in [0.3, 0.4) is 0 Å². The van der Waals surface area contributed by atoms with Crippen molar-refractivity contribution in [3.05, 3.63) is 50.2 Å². The molecule has 1 aliphatic rings. The van der Waals surface area contributed by atoms with Crippen molar-refractivity contribution in [2.24, 2.45) is 0 Å². The summed E-state index contributed by atoms with van der Waals surface area (Å²) >= 11 is 12.0. The number of ether oxygens (including phenoxy) is 1. The number of aryl methyl sites for hydroxylation is 2. The summed E-state index contributed by atoms with van der Waals surface area (Å²) in [5.74, 6) is 0.723. The zero-order valence-corrected chi connectivity index (χ0v) is 14.4. The molecule has 1 atom stereocenters. The third-order valence-corrected chi connectivity index (χ3v) is 6.66. The molecule has 0 saturated carbocycles. The minimum Gasteiger partial charge on any atom is -0.495 e. The van der Waals surface area contributed by atoms with Crippen LogP contribution in [0.15, 0.2) is 24.3 Å². The lowest BCUT2D eigenvalue weighted by atomic mass is 9.99. The van der Waals surface area contributed by atoms with Gasteiger partial charge in [-0.25, -0.2) is 0 Å². The zero-order chi connectivity index (χ0) is 14.1. The number of methoxy groups -OCH3 is 1. The normalized spacial score (nSPS) is 15.8. The van der Waals surface area contributed by atoms with Gasteiger partial charge < -0.3 is 4.74 Å². The maximum Gasteiger partial charge on any atom is 0.137 e. The Labute approximate surface area is 137 Å². The number of rotatable bonds is 3. The molecule has 2 aromatic rings. The number of hydrogen-bond donors (Lipinski definition) is 0. The van der Waals surface area contributed by atoms with Crippen LogP contribution in [0.4, 0.5) is 0 Å². The molecule has 20 heavy (non-hydrogen) atoms. The van der Waals surface area contributed by atoms with Crippen molar-refractivity contribution in [1.82, 2.24) is 0 Å². The number of hydrogen-bond acceptors (Lipinski definition) is 2. The first-order valence-corrected chi connectivity index (χ1v) is 8.89. The van der Waals surface area contributed by atoms with E-state index in [1.807, 2.05) is 23.5 Å². The van der Waals surface area contributed by atoms with Gasteiger partial charge in [-0.05, 0) is 55.0 Å². The van der Waals surface area contributed by atoms with E-state index in [9.17, 15) is 0 Å². The summed E-state index contributed by atoms with van der Waals surface area (Å²) in [5.41, 5.74) is 2.72. The van der Waals surface area contributed by atoms with E-state index in [1.54, 1.807) is 17.6 Å². The van der Waals surface area contributed by atoms with Crippen LogP contribution in [0, 0.1) is 0 Å². The highest BCUT2D eigenvalue weighted by atomic mass is 79.9. The Bertz CT molecular complexity index is 599. The van der Waals surface area contributed by atoms with Crippen molar-refractivity contribution in [3.8, 4) is 5.75 Å². The average molecular weight is 372 g/mol. The lowest BCUT2D eigenvalue weighted by Crippen LogP contribution is -1.96. The molecule has 1 aliphatic carbocycles. The molecule has 1 aromatic heterocycles. The quantitative estimate of drug-likeness (QED) is 0.622. The summed E-state index contributed by atoms with van der Waals surface area (Å²) in [6, 6.07) is 8.34. The topological polar surface area (TPSA) is 9.23 Å². The number of thiophene rings is 1. The van der Waals surface area contributed by atoms with Gasteiger partial charge in [0.25, 0.3) is 0 Å². The van der Waals surface area contributed by atoms with Crippen molar-refractivity contribution in [2.45, 2.75) is 30.5 Å². The highest BCUT2D eigenvalue weighted by Crippen LogP contribution is 2.41. The smallest absolute Gasteiger partial charge is 0.137 e. The Morgan fingerprint density at radius 1 is 1.25 bits per heavy atom. The Morgan fingerprint density at radius 3 is 2.75 bits per heavy atom. The number of halogens is 2. The van der Waals surface area contributed by atoms with Crippen LogP contribution in [-0.4, -0.2) is 7.11 Å². The molecule has 1 heterocycles. The van der Waals surface area contributed by atoms with Gasteiger partial charge >= 0.3 is 0 Å². The Hall–Kier alpha value is -0.510. The molecule has 106 valence electrons. The fourth-order valence-corrected chi connectivity index (χ4v) is 4.87. The lowest BCUT2D eigenvalue weighted by Gasteiger charge is -2.10. The molecule has 0 bridgehead atoms. The van der Waals surface area contributed by atoms with E-state index in [4.69, 9.17) is 16.3 Å². The van der Waals surface area contributed by atoms with Gasteiger partial charge in [0.05, 0.1) is 17.0 Å². The highest BCUT2D eigenvalue weighted by molar-refractivity contribution is 9.09. The second kappa shape index (κ2) is 6.08. The van der Waals surface area contributed by atoms with E-state index in [0.717, 1.165) is 5.75 Å². The van der Waals surface area contributed by atoms with Gasteiger partial charge in [0.2, 0.25) is 0 Å². The monoisotopic (exact) mass is 370 g/mol. The highest BCUT2D eigenvalue weighted by Gasteiger charge is 2.19. The van der Waals surface area contributed by atoms with E-state index in [1.165, 1.54) is 36.1 Å². The van der Waals surface area contributed by atoms with Crippen molar-refractivity contribution in [2.75, 3.05) is 7.11 Å². The minimum absolute atomic E-state index is 0.210. The number of benzene rings is 1. The summed E-state index contributed by atoms with van der Waals surface area (Å²) in [6.07, 6.45) is 5.12. The maximum absolute atomic E-state index is 6.22. The number of fused-ring (bicyclic) bond motifs is 1. The molecular formula is C16H16BrClOS. The van der Waals surface area contributed by atoms with Gasteiger partial charge in [-0.1, -0.05) is 33.6 Å². The Morgan fingerprint density at radius 2 is 2.05 bits per heavy atom. The standard InChI is InChI=1S/C16H16BrClOS/c1-19-13-7-6-11(8-12(13)18)16(17)15-9-10-4-2-3-5-14(10)20-15/h6-9,16H,2-5H2,1H3. The van der Waals surface area contributed by atoms with Crippen molar-refractivity contribution in [1.29, 1.82) is 0 Å². The minimum atomic E-state index is 0.210. The molecule has 0 spiro atoms. The summed E-state index contributed by atoms with van der Waals surface area (Å²) in [6.45, 7) is 0. The Kier molecular flexibility index (Phi) is 4.39. The first-order valence-electron chi connectivity index (χ1n) is 6.78. The molecule has 1 unspecified atom stereocenters. The predicted molar refractivity (Wildman–Crippen MR) is 89.7 cm³/mol. The fraction of sp³-hybridized carbons (Fsp3) is 0.375. The SMILES string of the molecule is COc1ccc(C(Br)c2cc3c(s2)CCCC3)cc1Cl. The first kappa shape index (κ1) is 14.4. The number of alkyl halides is 1. The van der Waals surface area contributed by atoms with Gasteiger partial charge in [0, 0.05) is 9.75 Å². The van der Waals surface area contributed by atoms with E-state index >= 15 is 0 Å². The maximum atomic E-state index is 6.22. The van der Waals surface area contributed by atoms with Crippen LogP contribution in [-0.2, 0) is 12.8 Å².